The standard InChI is InChI=1S/C20H25FN4O4/c1-9-7-24(6-5-12(9)22)17-14(21)15(23)13-16(19(17)29-2)25(10-3-4-10)8-11(18(13)26)20(27)28/h8-10,12H,3-7,22-23H2,1-2H3,(H,27,28). The maximum absolute atomic E-state index is 15.5. The van der Waals surface area contributed by atoms with Gasteiger partial charge < -0.3 is 30.8 Å². The molecule has 2 heterocycles. The van der Waals surface area contributed by atoms with Crippen molar-refractivity contribution in [1.82, 2.24) is 4.57 Å². The number of ether oxygens (including phenoxy) is 1. The molecule has 2 aromatic rings. The van der Waals surface area contributed by atoms with Crippen molar-refractivity contribution in [2.45, 2.75) is 38.3 Å². The largest absolute Gasteiger partial charge is 0.492 e. The van der Waals surface area contributed by atoms with Gasteiger partial charge in [-0.15, -0.1) is 0 Å². The van der Waals surface area contributed by atoms with Crippen LogP contribution in [-0.2, 0) is 0 Å². The first-order valence-corrected chi connectivity index (χ1v) is 9.73. The number of rotatable bonds is 4. The smallest absolute Gasteiger partial charge is 0.341 e. The molecule has 1 aliphatic carbocycles. The van der Waals surface area contributed by atoms with Crippen molar-refractivity contribution in [3.63, 3.8) is 0 Å². The van der Waals surface area contributed by atoms with E-state index < -0.39 is 22.8 Å². The van der Waals surface area contributed by atoms with E-state index in [0.717, 1.165) is 12.8 Å². The molecule has 29 heavy (non-hydrogen) atoms. The highest BCUT2D eigenvalue weighted by atomic mass is 19.1. The maximum Gasteiger partial charge on any atom is 0.341 e. The molecule has 156 valence electrons. The molecule has 1 aliphatic heterocycles. The zero-order valence-electron chi connectivity index (χ0n) is 16.4. The van der Waals surface area contributed by atoms with E-state index in [4.69, 9.17) is 16.2 Å². The Kier molecular flexibility index (Phi) is 4.65. The van der Waals surface area contributed by atoms with E-state index >= 15 is 4.39 Å². The summed E-state index contributed by atoms with van der Waals surface area (Å²) in [7, 11) is 1.42. The number of anilines is 2. The fourth-order valence-corrected chi connectivity index (χ4v) is 4.20. The molecule has 1 saturated carbocycles. The number of halogens is 1. The zero-order valence-corrected chi connectivity index (χ0v) is 16.4. The maximum atomic E-state index is 15.5. The van der Waals surface area contributed by atoms with Crippen molar-refractivity contribution < 1.29 is 19.0 Å². The number of carboxylic acids is 1. The van der Waals surface area contributed by atoms with Crippen molar-refractivity contribution in [1.29, 1.82) is 0 Å². The van der Waals surface area contributed by atoms with Crippen LogP contribution in [0.1, 0.15) is 42.6 Å². The first-order chi connectivity index (χ1) is 13.8. The van der Waals surface area contributed by atoms with Crippen molar-refractivity contribution in [3.05, 3.63) is 27.8 Å². The molecule has 4 rings (SSSR count). The molecule has 5 N–H and O–H groups in total. The number of nitrogen functional groups attached to an aromatic ring is 1. The Balaban J connectivity index is 2.06. The molecule has 2 fully saturated rings. The molecule has 0 radical (unpaired) electrons. The number of aromatic nitrogens is 1. The molecule has 1 aromatic carbocycles. The summed E-state index contributed by atoms with van der Waals surface area (Å²) < 4.78 is 22.8. The summed E-state index contributed by atoms with van der Waals surface area (Å²) in [5, 5.41) is 9.31. The molecule has 1 aromatic heterocycles. The van der Waals surface area contributed by atoms with Gasteiger partial charge in [0.05, 0.1) is 23.7 Å². The Morgan fingerprint density at radius 2 is 2.03 bits per heavy atom. The third-order valence-electron chi connectivity index (χ3n) is 6.04. The Morgan fingerprint density at radius 1 is 1.34 bits per heavy atom. The van der Waals surface area contributed by atoms with Gasteiger partial charge in [0.15, 0.2) is 11.6 Å². The lowest BCUT2D eigenvalue weighted by Gasteiger charge is -2.37. The van der Waals surface area contributed by atoms with Gasteiger partial charge >= 0.3 is 5.97 Å². The van der Waals surface area contributed by atoms with Crippen LogP contribution in [0.5, 0.6) is 5.75 Å². The molecule has 2 aliphatic rings. The second-order valence-corrected chi connectivity index (χ2v) is 8.02. The van der Waals surface area contributed by atoms with Gasteiger partial charge in [-0.05, 0) is 25.2 Å². The predicted octanol–water partition coefficient (Wildman–Crippen LogP) is 1.94. The predicted molar refractivity (Wildman–Crippen MR) is 108 cm³/mol. The van der Waals surface area contributed by atoms with Gasteiger partial charge in [-0.25, -0.2) is 9.18 Å². The lowest BCUT2D eigenvalue weighted by Crippen LogP contribution is -2.46. The van der Waals surface area contributed by atoms with Crippen LogP contribution in [-0.4, -0.2) is 41.9 Å². The number of pyridine rings is 1. The zero-order chi connectivity index (χ0) is 21.0. The lowest BCUT2D eigenvalue weighted by atomic mass is 9.94. The summed E-state index contributed by atoms with van der Waals surface area (Å²) >= 11 is 0. The Bertz CT molecular complexity index is 1060. The van der Waals surface area contributed by atoms with Gasteiger partial charge in [0.1, 0.15) is 11.3 Å². The highest BCUT2D eigenvalue weighted by Gasteiger charge is 2.34. The number of aromatic carboxylic acids is 1. The lowest BCUT2D eigenvalue weighted by molar-refractivity contribution is 0.0695. The highest BCUT2D eigenvalue weighted by molar-refractivity contribution is 6.03. The van der Waals surface area contributed by atoms with Crippen LogP contribution in [0.4, 0.5) is 15.8 Å². The van der Waals surface area contributed by atoms with Gasteiger partial charge in [-0.3, -0.25) is 4.79 Å². The summed E-state index contributed by atoms with van der Waals surface area (Å²) in [5.74, 6) is -1.79. The van der Waals surface area contributed by atoms with Crippen LogP contribution in [0, 0.1) is 11.7 Å². The van der Waals surface area contributed by atoms with E-state index in [2.05, 4.69) is 0 Å². The van der Waals surface area contributed by atoms with Crippen LogP contribution >= 0.6 is 0 Å². The summed E-state index contributed by atoms with van der Waals surface area (Å²) in [5.41, 5.74) is 11.2. The van der Waals surface area contributed by atoms with E-state index in [0.29, 0.717) is 25.0 Å². The SMILES string of the molecule is COc1c(N2CCC(N)C(C)C2)c(F)c(N)c2c(=O)c(C(=O)O)cn(C3CC3)c12. The van der Waals surface area contributed by atoms with Gasteiger partial charge in [0.2, 0.25) is 5.43 Å². The minimum atomic E-state index is -1.37. The quantitative estimate of drug-likeness (QED) is 0.665. The molecule has 2 atom stereocenters. The number of piperidine rings is 1. The normalized spacial score (nSPS) is 22.1. The minimum Gasteiger partial charge on any atom is -0.492 e. The number of nitrogens with zero attached hydrogens (tertiary/aromatic N) is 2. The summed E-state index contributed by atoms with van der Waals surface area (Å²) in [6, 6.07) is 0.0531. The molecule has 0 amide bonds. The van der Waals surface area contributed by atoms with Gasteiger partial charge in [0, 0.05) is 31.4 Å². The number of hydrogen-bond donors (Lipinski definition) is 3. The number of nitrogens with two attached hydrogens (primary N) is 2. The average molecular weight is 404 g/mol. The number of carboxylic acid groups (broad SMARTS) is 1. The summed E-state index contributed by atoms with van der Waals surface area (Å²) in [4.78, 5) is 26.3. The van der Waals surface area contributed by atoms with Gasteiger partial charge in [0.25, 0.3) is 0 Å². The number of carbonyl (C=O) groups is 1. The number of methoxy groups -OCH3 is 1. The number of fused-ring (bicyclic) bond motifs is 1. The van der Waals surface area contributed by atoms with Crippen molar-refractivity contribution in [2.75, 3.05) is 30.8 Å². The Morgan fingerprint density at radius 3 is 2.59 bits per heavy atom. The fraction of sp³-hybridized carbons (Fsp3) is 0.500. The van der Waals surface area contributed by atoms with Crippen molar-refractivity contribution in [2.24, 2.45) is 11.7 Å². The van der Waals surface area contributed by atoms with E-state index in [1.54, 1.807) is 4.57 Å². The van der Waals surface area contributed by atoms with Crippen molar-refractivity contribution in [3.8, 4) is 5.75 Å². The van der Waals surface area contributed by atoms with Crippen LogP contribution < -0.4 is 26.5 Å². The molecule has 0 spiro atoms. The van der Waals surface area contributed by atoms with Crippen LogP contribution in [0.15, 0.2) is 11.0 Å². The second-order valence-electron chi connectivity index (χ2n) is 8.02. The molecule has 1 saturated heterocycles. The third kappa shape index (κ3) is 3.00. The monoisotopic (exact) mass is 404 g/mol. The second kappa shape index (κ2) is 6.91. The van der Waals surface area contributed by atoms with E-state index in [1.165, 1.54) is 13.3 Å². The average Bonchev–Trinajstić information content (AvgIpc) is 3.51. The topological polar surface area (TPSA) is 124 Å². The van der Waals surface area contributed by atoms with E-state index in [1.807, 2.05) is 11.8 Å². The van der Waals surface area contributed by atoms with E-state index in [9.17, 15) is 14.7 Å². The highest BCUT2D eigenvalue weighted by Crippen LogP contribution is 2.46. The molecule has 0 bridgehead atoms. The van der Waals surface area contributed by atoms with Gasteiger partial charge in [-0.1, -0.05) is 6.92 Å². The number of hydrogen-bond acceptors (Lipinski definition) is 6. The van der Waals surface area contributed by atoms with Crippen molar-refractivity contribution >= 4 is 28.2 Å². The van der Waals surface area contributed by atoms with Crippen LogP contribution in [0.3, 0.4) is 0 Å². The first-order valence-electron chi connectivity index (χ1n) is 9.73. The molecular formula is C20H25FN4O4. The number of benzene rings is 1. The van der Waals surface area contributed by atoms with Crippen LogP contribution in [0.2, 0.25) is 0 Å². The summed E-state index contributed by atoms with van der Waals surface area (Å²) in [6.45, 7) is 3.07. The molecule has 8 nitrogen and oxygen atoms in total. The Hall–Kier alpha value is -2.81. The first kappa shape index (κ1) is 19.5. The fourth-order valence-electron chi connectivity index (χ4n) is 4.20. The minimum absolute atomic E-state index is 0.0245. The van der Waals surface area contributed by atoms with E-state index in [-0.39, 0.29) is 40.5 Å². The Labute approximate surface area is 166 Å². The summed E-state index contributed by atoms with van der Waals surface area (Å²) in [6.07, 6.45) is 3.68. The molecule has 9 heteroatoms. The van der Waals surface area contributed by atoms with Gasteiger partial charge in [-0.2, -0.15) is 0 Å². The third-order valence-corrected chi connectivity index (χ3v) is 6.04. The van der Waals surface area contributed by atoms with Crippen LogP contribution in [0.25, 0.3) is 10.9 Å². The molecular weight excluding hydrogens is 379 g/mol. The molecule has 2 unspecified atom stereocenters.